The number of aromatic nitrogens is 3. The second-order valence-corrected chi connectivity index (χ2v) is 12.1. The van der Waals surface area contributed by atoms with E-state index in [0.717, 1.165) is 16.7 Å². The standard InChI is InChI=1S/C35H37N5O4.C2H6/c1-34(2,3)44-33(42)40-26(19-28(41)31(40)27-20-37-30-29(27)38-22-39-32(30)36)21-43-35(23-13-7-4-8-14-23,24-15-9-5-10-16-24)25-17-11-6-12-18-25;1-2/h4-18,20,22,26,28,31,37,41H,19,21H2,1-3H3,(H2,36,38,39);1-2H3/t26?,28-,31?;/m1./s1. The minimum atomic E-state index is -0.991. The van der Waals surface area contributed by atoms with Gasteiger partial charge in [0.25, 0.3) is 0 Å². The molecule has 1 saturated heterocycles. The lowest BCUT2D eigenvalue weighted by molar-refractivity contribution is -0.0315. The largest absolute Gasteiger partial charge is 0.444 e. The van der Waals surface area contributed by atoms with Crippen LogP contribution in [0.25, 0.3) is 11.0 Å². The van der Waals surface area contributed by atoms with Gasteiger partial charge in [0.1, 0.15) is 23.0 Å². The third kappa shape index (κ3) is 6.34. The summed E-state index contributed by atoms with van der Waals surface area (Å²) in [6, 6.07) is 28.9. The lowest BCUT2D eigenvalue weighted by Crippen LogP contribution is -2.45. The molecule has 4 N–H and O–H groups in total. The maximum Gasteiger partial charge on any atom is 0.411 e. The summed E-state index contributed by atoms with van der Waals surface area (Å²) >= 11 is 0. The van der Waals surface area contributed by atoms with Crippen LogP contribution in [0.5, 0.6) is 0 Å². The fraction of sp³-hybridized carbons (Fsp3) is 0.324. The number of benzene rings is 3. The summed E-state index contributed by atoms with van der Waals surface area (Å²) in [5.74, 6) is 0.288. The van der Waals surface area contributed by atoms with Crippen molar-refractivity contribution in [3.8, 4) is 0 Å². The molecule has 3 heterocycles. The van der Waals surface area contributed by atoms with Crippen LogP contribution in [-0.2, 0) is 15.1 Å². The number of nitrogens with two attached hydrogens (primary N) is 1. The Morgan fingerprint density at radius 1 is 0.913 bits per heavy atom. The Bertz CT molecular complexity index is 1620. The van der Waals surface area contributed by atoms with Crippen molar-refractivity contribution >= 4 is 22.9 Å². The highest BCUT2D eigenvalue weighted by Gasteiger charge is 2.48. The van der Waals surface area contributed by atoms with Gasteiger partial charge in [-0.2, -0.15) is 0 Å². The molecule has 5 aromatic rings. The smallest absolute Gasteiger partial charge is 0.411 e. The zero-order valence-electron chi connectivity index (χ0n) is 27.1. The number of ether oxygens (including phenoxy) is 2. The summed E-state index contributed by atoms with van der Waals surface area (Å²) in [6.45, 7) is 9.58. The third-order valence-electron chi connectivity index (χ3n) is 8.05. The number of carbonyl (C=O) groups is 1. The molecule has 1 aliphatic rings. The van der Waals surface area contributed by atoms with Gasteiger partial charge in [0.2, 0.25) is 0 Å². The van der Waals surface area contributed by atoms with Crippen LogP contribution >= 0.6 is 0 Å². The Morgan fingerprint density at radius 2 is 1.43 bits per heavy atom. The van der Waals surface area contributed by atoms with Gasteiger partial charge < -0.3 is 25.3 Å². The first-order valence-corrected chi connectivity index (χ1v) is 15.8. The van der Waals surface area contributed by atoms with Crippen molar-refractivity contribution in [1.29, 1.82) is 0 Å². The molecule has 1 amide bonds. The van der Waals surface area contributed by atoms with Crippen LogP contribution in [0.1, 0.15) is 69.3 Å². The Morgan fingerprint density at radius 3 is 1.93 bits per heavy atom. The van der Waals surface area contributed by atoms with Crippen molar-refractivity contribution in [2.75, 3.05) is 12.3 Å². The zero-order chi connectivity index (χ0) is 32.9. The number of nitrogen functional groups attached to an aromatic ring is 1. The number of fused-ring (bicyclic) bond motifs is 1. The number of amides is 1. The minimum absolute atomic E-state index is 0.116. The van der Waals surface area contributed by atoms with E-state index in [0.29, 0.717) is 16.6 Å². The van der Waals surface area contributed by atoms with E-state index in [4.69, 9.17) is 15.2 Å². The molecule has 46 heavy (non-hydrogen) atoms. The summed E-state index contributed by atoms with van der Waals surface area (Å²) in [4.78, 5) is 27.2. The first kappa shape index (κ1) is 32.7. The fourth-order valence-electron chi connectivity index (χ4n) is 6.21. The van der Waals surface area contributed by atoms with E-state index in [1.807, 2.05) is 126 Å². The van der Waals surface area contributed by atoms with Crippen molar-refractivity contribution in [2.24, 2.45) is 0 Å². The number of aliphatic hydroxyl groups excluding tert-OH is 1. The van der Waals surface area contributed by atoms with E-state index in [1.165, 1.54) is 6.33 Å². The minimum Gasteiger partial charge on any atom is -0.444 e. The number of H-pyrrole nitrogens is 1. The highest BCUT2D eigenvalue weighted by atomic mass is 16.6. The topological polar surface area (TPSA) is 127 Å². The molecule has 2 unspecified atom stereocenters. The molecule has 1 aliphatic heterocycles. The second kappa shape index (κ2) is 13.7. The Balaban J connectivity index is 0.00000204. The molecule has 0 spiro atoms. The maximum absolute atomic E-state index is 13.9. The number of likely N-dealkylation sites (tertiary alicyclic amines) is 1. The monoisotopic (exact) mass is 621 g/mol. The van der Waals surface area contributed by atoms with Gasteiger partial charge in [-0.15, -0.1) is 0 Å². The predicted octanol–water partition coefficient (Wildman–Crippen LogP) is 6.99. The fourth-order valence-corrected chi connectivity index (χ4v) is 6.21. The van der Waals surface area contributed by atoms with E-state index in [9.17, 15) is 9.90 Å². The number of nitrogens with one attached hydrogen (secondary N) is 1. The molecule has 1 fully saturated rings. The highest BCUT2D eigenvalue weighted by molar-refractivity contribution is 5.88. The Hall–Kier alpha value is -4.73. The summed E-state index contributed by atoms with van der Waals surface area (Å²) < 4.78 is 13.0. The first-order chi connectivity index (χ1) is 22.2. The van der Waals surface area contributed by atoms with Gasteiger partial charge in [-0.05, 0) is 43.9 Å². The van der Waals surface area contributed by atoms with Gasteiger partial charge in [0, 0.05) is 11.8 Å². The number of hydrogen-bond donors (Lipinski definition) is 3. The molecular weight excluding hydrogens is 578 g/mol. The Labute approximate surface area is 270 Å². The summed E-state index contributed by atoms with van der Waals surface area (Å²) in [5, 5.41) is 11.6. The van der Waals surface area contributed by atoms with Gasteiger partial charge in [0.15, 0.2) is 5.82 Å². The maximum atomic E-state index is 13.9. The Kier molecular flexibility index (Phi) is 9.74. The van der Waals surface area contributed by atoms with Crippen LogP contribution in [0.4, 0.5) is 10.6 Å². The zero-order valence-corrected chi connectivity index (χ0v) is 27.1. The molecule has 9 nitrogen and oxygen atoms in total. The predicted molar refractivity (Wildman–Crippen MR) is 180 cm³/mol. The van der Waals surface area contributed by atoms with Crippen molar-refractivity contribution in [1.82, 2.24) is 19.9 Å². The van der Waals surface area contributed by atoms with Gasteiger partial charge in [0.05, 0.1) is 30.3 Å². The molecule has 0 aliphatic carbocycles. The van der Waals surface area contributed by atoms with Crippen LogP contribution in [-0.4, -0.2) is 55.4 Å². The van der Waals surface area contributed by atoms with E-state index in [-0.39, 0.29) is 18.8 Å². The SMILES string of the molecule is CC.CC(C)(C)OC(=O)N1C(COC(c2ccccc2)(c2ccccc2)c2ccccc2)C[C@@H](O)C1c1c[nH]c2c(N)ncnc12. The lowest BCUT2D eigenvalue weighted by Gasteiger charge is -2.38. The summed E-state index contributed by atoms with van der Waals surface area (Å²) in [6.07, 6.45) is 1.92. The van der Waals surface area contributed by atoms with E-state index in [2.05, 4.69) is 15.0 Å². The summed E-state index contributed by atoms with van der Waals surface area (Å²) in [7, 11) is 0. The van der Waals surface area contributed by atoms with Crippen LogP contribution in [0.15, 0.2) is 104 Å². The lowest BCUT2D eigenvalue weighted by atomic mass is 9.80. The van der Waals surface area contributed by atoms with E-state index >= 15 is 0 Å². The highest BCUT2D eigenvalue weighted by Crippen LogP contribution is 2.44. The van der Waals surface area contributed by atoms with Crippen molar-refractivity contribution in [3.05, 3.63) is 126 Å². The number of aliphatic hydroxyl groups is 1. The molecule has 6 rings (SSSR count). The van der Waals surface area contributed by atoms with Gasteiger partial charge >= 0.3 is 6.09 Å². The normalized spacial score (nSPS) is 18.2. The molecule has 240 valence electrons. The third-order valence-corrected chi connectivity index (χ3v) is 8.05. The molecule has 0 bridgehead atoms. The first-order valence-electron chi connectivity index (χ1n) is 15.8. The van der Waals surface area contributed by atoms with Gasteiger partial charge in [-0.1, -0.05) is 105 Å². The van der Waals surface area contributed by atoms with Gasteiger partial charge in [-0.25, -0.2) is 14.8 Å². The molecule has 0 saturated carbocycles. The number of carbonyl (C=O) groups excluding carboxylic acids is 1. The van der Waals surface area contributed by atoms with Gasteiger partial charge in [-0.3, -0.25) is 4.90 Å². The molecule has 2 aromatic heterocycles. The van der Waals surface area contributed by atoms with Crippen LogP contribution in [0.2, 0.25) is 0 Å². The number of aromatic amines is 1. The van der Waals surface area contributed by atoms with E-state index in [1.54, 1.807) is 11.1 Å². The molecule has 0 radical (unpaired) electrons. The number of hydrogen-bond acceptors (Lipinski definition) is 7. The molecule has 3 atom stereocenters. The van der Waals surface area contributed by atoms with Crippen LogP contribution in [0, 0.1) is 0 Å². The van der Waals surface area contributed by atoms with Crippen molar-refractivity contribution < 1.29 is 19.4 Å². The second-order valence-electron chi connectivity index (χ2n) is 12.1. The molecule has 9 heteroatoms. The van der Waals surface area contributed by atoms with E-state index < -0.39 is 35.5 Å². The summed E-state index contributed by atoms with van der Waals surface area (Å²) in [5.41, 5.74) is 8.92. The van der Waals surface area contributed by atoms with Crippen molar-refractivity contribution in [2.45, 2.75) is 70.4 Å². The number of rotatable bonds is 7. The van der Waals surface area contributed by atoms with Crippen LogP contribution < -0.4 is 5.73 Å². The molecule has 3 aromatic carbocycles. The van der Waals surface area contributed by atoms with Crippen molar-refractivity contribution in [3.63, 3.8) is 0 Å². The quantitative estimate of drug-likeness (QED) is 0.167. The number of anilines is 1. The number of nitrogens with zero attached hydrogens (tertiary/aromatic N) is 3. The molecular formula is C37H43N5O4. The average molecular weight is 622 g/mol. The van der Waals surface area contributed by atoms with Crippen LogP contribution in [0.3, 0.4) is 0 Å². The average Bonchev–Trinajstić information content (AvgIpc) is 3.64.